The Balaban J connectivity index is 1.61. The van der Waals surface area contributed by atoms with E-state index in [1.165, 1.54) is 12.0 Å². The highest BCUT2D eigenvalue weighted by Crippen LogP contribution is 2.33. The molecule has 1 aromatic heterocycles. The fourth-order valence-corrected chi connectivity index (χ4v) is 5.45. The summed E-state index contributed by atoms with van der Waals surface area (Å²) in [6.07, 6.45) is 12.2. The van der Waals surface area contributed by atoms with Gasteiger partial charge in [0.05, 0.1) is 19.2 Å². The fourth-order valence-electron chi connectivity index (χ4n) is 5.45. The molecule has 186 valence electrons. The third kappa shape index (κ3) is 5.29. The number of hydrogen-bond acceptors (Lipinski definition) is 5. The molecule has 2 aliphatic carbocycles. The Hall–Kier alpha value is -2.41. The molecule has 3 aliphatic rings. The summed E-state index contributed by atoms with van der Waals surface area (Å²) in [5.41, 5.74) is 2.61. The molecule has 1 aromatic rings. The molecule has 7 nitrogen and oxygen atoms in total. The first-order valence-electron chi connectivity index (χ1n) is 12.9. The zero-order valence-electron chi connectivity index (χ0n) is 20.8. The molecule has 0 aromatic carbocycles. The molecule has 1 fully saturated rings. The van der Waals surface area contributed by atoms with Gasteiger partial charge >= 0.3 is 0 Å². The van der Waals surface area contributed by atoms with Crippen molar-refractivity contribution < 1.29 is 19.4 Å². The standard InChI is InChI=1S/C27H39N3O4/c1-18-15-30(19(2)17-31)27(33)23-13-22(20-9-7-8-10-20)14-28-25(23)34-24(18)16-29(3)26(32)21-11-5-4-6-12-21/h9,13-14,18-19,21,24,31H,4-8,10-12,15-17H2,1-3H3/t18-,19-,24+/m0/s1. The summed E-state index contributed by atoms with van der Waals surface area (Å²) in [5.74, 6) is 0.402. The van der Waals surface area contributed by atoms with Crippen molar-refractivity contribution in [1.82, 2.24) is 14.8 Å². The topological polar surface area (TPSA) is 83.0 Å². The maximum Gasteiger partial charge on any atom is 0.259 e. The highest BCUT2D eigenvalue weighted by Gasteiger charge is 2.35. The Labute approximate surface area is 203 Å². The van der Waals surface area contributed by atoms with Gasteiger partial charge in [-0.3, -0.25) is 9.59 Å². The van der Waals surface area contributed by atoms with E-state index in [0.717, 1.165) is 50.5 Å². The Morgan fingerprint density at radius 1 is 1.29 bits per heavy atom. The van der Waals surface area contributed by atoms with Crippen LogP contribution in [-0.4, -0.2) is 70.6 Å². The molecule has 7 heteroatoms. The quantitative estimate of drug-likeness (QED) is 0.683. The van der Waals surface area contributed by atoms with Gasteiger partial charge in [-0.1, -0.05) is 32.3 Å². The van der Waals surface area contributed by atoms with Crippen molar-refractivity contribution in [3.63, 3.8) is 0 Å². The first-order chi connectivity index (χ1) is 16.4. The number of nitrogens with zero attached hydrogens (tertiary/aromatic N) is 3. The number of amides is 2. The SMILES string of the molecule is C[C@H]1CN([C@@H](C)CO)C(=O)c2cc(C3=CCCC3)cnc2O[C@@H]1CN(C)C(=O)C1CCCCC1. The molecule has 0 spiro atoms. The zero-order valence-corrected chi connectivity index (χ0v) is 20.8. The molecule has 2 heterocycles. The van der Waals surface area contributed by atoms with Crippen molar-refractivity contribution >= 4 is 17.4 Å². The van der Waals surface area contributed by atoms with Crippen LogP contribution in [0.15, 0.2) is 18.3 Å². The molecule has 0 unspecified atom stereocenters. The van der Waals surface area contributed by atoms with E-state index in [9.17, 15) is 14.7 Å². The number of carbonyl (C=O) groups excluding carboxylic acids is 2. The highest BCUT2D eigenvalue weighted by molar-refractivity contribution is 5.97. The van der Waals surface area contributed by atoms with Gasteiger partial charge in [-0.05, 0) is 56.2 Å². The number of pyridine rings is 1. The van der Waals surface area contributed by atoms with Crippen LogP contribution in [0.4, 0.5) is 0 Å². The van der Waals surface area contributed by atoms with Crippen molar-refractivity contribution in [3.8, 4) is 5.88 Å². The Kier molecular flexibility index (Phi) is 7.91. The number of rotatable bonds is 6. The van der Waals surface area contributed by atoms with Crippen LogP contribution in [0, 0.1) is 11.8 Å². The smallest absolute Gasteiger partial charge is 0.259 e. The number of hydrogen-bond donors (Lipinski definition) is 1. The molecule has 34 heavy (non-hydrogen) atoms. The highest BCUT2D eigenvalue weighted by atomic mass is 16.5. The van der Waals surface area contributed by atoms with Crippen molar-refractivity contribution in [3.05, 3.63) is 29.5 Å². The molecule has 1 aliphatic heterocycles. The monoisotopic (exact) mass is 469 g/mol. The third-order valence-electron chi connectivity index (χ3n) is 7.72. The normalized spacial score (nSPS) is 24.5. The summed E-state index contributed by atoms with van der Waals surface area (Å²) >= 11 is 0. The minimum absolute atomic E-state index is 0.0354. The van der Waals surface area contributed by atoms with Crippen LogP contribution in [0.1, 0.15) is 81.1 Å². The molecule has 2 amide bonds. The second-order valence-electron chi connectivity index (χ2n) is 10.4. The molecule has 0 radical (unpaired) electrons. The van der Waals surface area contributed by atoms with E-state index in [0.29, 0.717) is 24.5 Å². The molecule has 4 rings (SSSR count). The Bertz CT molecular complexity index is 924. The molecule has 3 atom stereocenters. The maximum atomic E-state index is 13.6. The molecular weight excluding hydrogens is 430 g/mol. The van der Waals surface area contributed by atoms with E-state index in [2.05, 4.69) is 11.1 Å². The second kappa shape index (κ2) is 10.9. The van der Waals surface area contributed by atoms with Gasteiger partial charge in [-0.25, -0.2) is 4.98 Å². The maximum absolute atomic E-state index is 13.6. The number of aliphatic hydroxyl groups is 1. The van der Waals surface area contributed by atoms with Crippen LogP contribution < -0.4 is 4.74 Å². The summed E-state index contributed by atoms with van der Waals surface area (Å²) in [7, 11) is 1.86. The van der Waals surface area contributed by atoms with E-state index >= 15 is 0 Å². The molecule has 1 N–H and O–H groups in total. The zero-order chi connectivity index (χ0) is 24.2. The van der Waals surface area contributed by atoms with Crippen LogP contribution in [0.25, 0.3) is 5.57 Å². The van der Waals surface area contributed by atoms with E-state index < -0.39 is 0 Å². The lowest BCUT2D eigenvalue weighted by atomic mass is 9.88. The predicted molar refractivity (Wildman–Crippen MR) is 131 cm³/mol. The van der Waals surface area contributed by atoms with Crippen molar-refractivity contribution in [2.24, 2.45) is 11.8 Å². The van der Waals surface area contributed by atoms with Crippen molar-refractivity contribution in [1.29, 1.82) is 0 Å². The van der Waals surface area contributed by atoms with Gasteiger partial charge in [0.25, 0.3) is 5.91 Å². The number of fused-ring (bicyclic) bond motifs is 1. The minimum atomic E-state index is -0.322. The van der Waals surface area contributed by atoms with E-state index in [1.54, 1.807) is 16.0 Å². The van der Waals surface area contributed by atoms with E-state index in [4.69, 9.17) is 4.74 Å². The number of aromatic nitrogens is 1. The summed E-state index contributed by atoms with van der Waals surface area (Å²) in [6.45, 7) is 4.68. The first-order valence-corrected chi connectivity index (χ1v) is 12.9. The van der Waals surface area contributed by atoms with Gasteiger partial charge in [0.15, 0.2) is 0 Å². The first kappa shape index (κ1) is 24.7. The number of ether oxygens (including phenoxy) is 1. The van der Waals surface area contributed by atoms with Crippen LogP contribution in [0.5, 0.6) is 5.88 Å². The number of allylic oxidation sites excluding steroid dienone is 2. The molecule has 0 saturated heterocycles. The van der Waals surface area contributed by atoms with Crippen molar-refractivity contribution in [2.75, 3.05) is 26.7 Å². The lowest BCUT2D eigenvalue weighted by Crippen LogP contribution is -2.51. The van der Waals surface area contributed by atoms with Gasteiger partial charge in [-0.2, -0.15) is 0 Å². The van der Waals surface area contributed by atoms with Crippen LogP contribution >= 0.6 is 0 Å². The average molecular weight is 470 g/mol. The Morgan fingerprint density at radius 3 is 2.74 bits per heavy atom. The van der Waals surface area contributed by atoms with Crippen molar-refractivity contribution in [2.45, 2.75) is 77.4 Å². The molecule has 1 saturated carbocycles. The summed E-state index contributed by atoms with van der Waals surface area (Å²) in [5, 5.41) is 9.85. The second-order valence-corrected chi connectivity index (χ2v) is 10.4. The van der Waals surface area contributed by atoms with Gasteiger partial charge in [0.1, 0.15) is 11.7 Å². The van der Waals surface area contributed by atoms with Gasteiger partial charge < -0.3 is 19.6 Å². The van der Waals surface area contributed by atoms with Crippen LogP contribution in [0.3, 0.4) is 0 Å². The van der Waals surface area contributed by atoms with Crippen LogP contribution in [0.2, 0.25) is 0 Å². The van der Waals surface area contributed by atoms with E-state index in [1.807, 2.05) is 27.0 Å². The van der Waals surface area contributed by atoms with E-state index in [-0.39, 0.29) is 42.4 Å². The lowest BCUT2D eigenvalue weighted by Gasteiger charge is -2.38. The van der Waals surface area contributed by atoms with Crippen LogP contribution in [-0.2, 0) is 4.79 Å². The number of likely N-dealkylation sites (N-methyl/N-ethyl adjacent to an activating group) is 1. The minimum Gasteiger partial charge on any atom is -0.472 e. The largest absolute Gasteiger partial charge is 0.472 e. The predicted octanol–water partition coefficient (Wildman–Crippen LogP) is 3.91. The van der Waals surface area contributed by atoms with Gasteiger partial charge in [-0.15, -0.1) is 0 Å². The fraction of sp³-hybridized carbons (Fsp3) is 0.667. The Morgan fingerprint density at radius 2 is 2.06 bits per heavy atom. The average Bonchev–Trinajstić information content (AvgIpc) is 3.40. The summed E-state index contributed by atoms with van der Waals surface area (Å²) in [4.78, 5) is 34.8. The molecule has 0 bridgehead atoms. The van der Waals surface area contributed by atoms with Gasteiger partial charge in [0.2, 0.25) is 11.8 Å². The molecular formula is C27H39N3O4. The summed E-state index contributed by atoms with van der Waals surface area (Å²) in [6, 6.07) is 1.57. The summed E-state index contributed by atoms with van der Waals surface area (Å²) < 4.78 is 6.37. The lowest BCUT2D eigenvalue weighted by molar-refractivity contribution is -0.136. The third-order valence-corrected chi connectivity index (χ3v) is 7.72. The van der Waals surface area contributed by atoms with Gasteiger partial charge in [0, 0.05) is 31.6 Å². The number of aliphatic hydroxyl groups excluding tert-OH is 1. The number of carbonyl (C=O) groups is 2.